The summed E-state index contributed by atoms with van der Waals surface area (Å²) < 4.78 is 0. The maximum Gasteiger partial charge on any atom is 0.119 e. The normalized spacial score (nSPS) is 11.3. The smallest absolute Gasteiger partial charge is 0.119 e. The zero-order valence-corrected chi connectivity index (χ0v) is 14.8. The highest BCUT2D eigenvalue weighted by Gasteiger charge is 1.99. The second kappa shape index (κ2) is 13.0. The summed E-state index contributed by atoms with van der Waals surface area (Å²) in [4.78, 5) is 0. The molecule has 2 heteroatoms. The Morgan fingerprint density at radius 2 is 1.22 bits per heavy atom. The van der Waals surface area contributed by atoms with Gasteiger partial charge in [0, 0.05) is 6.07 Å². The fraction of sp³-hybridized carbons (Fsp3) is 0.619. The van der Waals surface area contributed by atoms with Gasteiger partial charge in [-0.15, -0.1) is 0 Å². The van der Waals surface area contributed by atoms with E-state index in [-0.39, 0.29) is 11.5 Å². The first-order valence-electron chi connectivity index (χ1n) is 9.39. The number of hydrogen-bond acceptors (Lipinski definition) is 2. The van der Waals surface area contributed by atoms with Crippen LogP contribution in [0.2, 0.25) is 0 Å². The van der Waals surface area contributed by atoms with Gasteiger partial charge in [0.15, 0.2) is 0 Å². The quantitative estimate of drug-likeness (QED) is 0.321. The fourth-order valence-electron chi connectivity index (χ4n) is 2.85. The van der Waals surface area contributed by atoms with E-state index in [1.807, 2.05) is 0 Å². The predicted molar refractivity (Wildman–Crippen MR) is 99.1 cm³/mol. The van der Waals surface area contributed by atoms with Crippen LogP contribution < -0.4 is 0 Å². The van der Waals surface area contributed by atoms with E-state index in [0.717, 1.165) is 18.4 Å². The Balaban J connectivity index is 1.92. The molecule has 1 rings (SSSR count). The monoisotopic (exact) mass is 318 g/mol. The second-order valence-corrected chi connectivity index (χ2v) is 6.48. The van der Waals surface area contributed by atoms with Crippen LogP contribution in [0.1, 0.15) is 83.1 Å². The van der Waals surface area contributed by atoms with Crippen molar-refractivity contribution in [2.24, 2.45) is 0 Å². The van der Waals surface area contributed by atoms with Crippen molar-refractivity contribution in [3.05, 3.63) is 35.9 Å². The van der Waals surface area contributed by atoms with Crippen LogP contribution in [-0.2, 0) is 6.42 Å². The lowest BCUT2D eigenvalue weighted by molar-refractivity contribution is 0.449. The molecular formula is C21H34O2. The maximum atomic E-state index is 9.43. The van der Waals surface area contributed by atoms with Crippen LogP contribution >= 0.6 is 0 Å². The number of aryl methyl sites for hydroxylation is 1. The topological polar surface area (TPSA) is 40.5 Å². The SMILES string of the molecule is CCCCCC/C=C\CCCCCCCc1cc(O)cc(O)c1. The molecule has 0 radical (unpaired) electrons. The molecule has 0 aliphatic heterocycles. The van der Waals surface area contributed by atoms with Crippen LogP contribution in [0, 0.1) is 0 Å². The average Bonchev–Trinajstić information content (AvgIpc) is 2.51. The Bertz CT molecular complexity index is 417. The number of allylic oxidation sites excluding steroid dienone is 2. The molecular weight excluding hydrogens is 284 g/mol. The van der Waals surface area contributed by atoms with Gasteiger partial charge in [0.25, 0.3) is 0 Å². The average molecular weight is 319 g/mol. The van der Waals surface area contributed by atoms with E-state index >= 15 is 0 Å². The van der Waals surface area contributed by atoms with E-state index in [0.29, 0.717) is 0 Å². The number of phenols is 2. The lowest BCUT2D eigenvalue weighted by atomic mass is 10.0. The molecule has 0 aliphatic rings. The lowest BCUT2D eigenvalue weighted by Crippen LogP contribution is -1.86. The molecule has 0 saturated heterocycles. The first kappa shape index (κ1) is 19.6. The zero-order chi connectivity index (χ0) is 16.8. The summed E-state index contributed by atoms with van der Waals surface area (Å²) >= 11 is 0. The zero-order valence-electron chi connectivity index (χ0n) is 14.8. The Morgan fingerprint density at radius 3 is 1.83 bits per heavy atom. The van der Waals surface area contributed by atoms with Crippen LogP contribution in [0.15, 0.2) is 30.4 Å². The third kappa shape index (κ3) is 10.8. The Kier molecular flexibility index (Phi) is 11.1. The van der Waals surface area contributed by atoms with Gasteiger partial charge in [-0.25, -0.2) is 0 Å². The molecule has 0 fully saturated rings. The maximum absolute atomic E-state index is 9.43. The van der Waals surface area contributed by atoms with E-state index in [2.05, 4.69) is 19.1 Å². The van der Waals surface area contributed by atoms with Crippen LogP contribution in [-0.4, -0.2) is 10.2 Å². The van der Waals surface area contributed by atoms with Crippen LogP contribution in [0.5, 0.6) is 11.5 Å². The molecule has 0 atom stereocenters. The molecule has 0 amide bonds. The summed E-state index contributed by atoms with van der Waals surface area (Å²) in [5.41, 5.74) is 1.02. The Morgan fingerprint density at radius 1 is 0.696 bits per heavy atom. The van der Waals surface area contributed by atoms with Crippen molar-refractivity contribution in [1.82, 2.24) is 0 Å². The Hall–Kier alpha value is -1.44. The van der Waals surface area contributed by atoms with Crippen LogP contribution in [0.25, 0.3) is 0 Å². The van der Waals surface area contributed by atoms with Crippen LogP contribution in [0.3, 0.4) is 0 Å². The van der Waals surface area contributed by atoms with Gasteiger partial charge in [-0.2, -0.15) is 0 Å². The number of phenolic OH excluding ortho intramolecular Hbond substituents is 2. The molecule has 2 nitrogen and oxygen atoms in total. The highest BCUT2D eigenvalue weighted by atomic mass is 16.3. The molecule has 0 unspecified atom stereocenters. The van der Waals surface area contributed by atoms with E-state index in [9.17, 15) is 10.2 Å². The minimum atomic E-state index is 0.154. The molecule has 0 heterocycles. The summed E-state index contributed by atoms with van der Waals surface area (Å²) in [5, 5.41) is 18.9. The number of aromatic hydroxyl groups is 2. The summed E-state index contributed by atoms with van der Waals surface area (Å²) in [6.07, 6.45) is 19.7. The van der Waals surface area contributed by atoms with Gasteiger partial charge in [-0.1, -0.05) is 57.6 Å². The third-order valence-corrected chi connectivity index (χ3v) is 4.19. The predicted octanol–water partition coefficient (Wildman–Crippen LogP) is 6.51. The molecule has 0 aromatic heterocycles. The highest BCUT2D eigenvalue weighted by molar-refractivity contribution is 5.36. The van der Waals surface area contributed by atoms with Crippen molar-refractivity contribution in [2.45, 2.75) is 84.0 Å². The number of hydrogen-bond donors (Lipinski definition) is 2. The standard InChI is InChI=1S/C21H34O2/c1-2-3-4-5-6-7-8-9-10-11-12-13-14-15-19-16-20(22)18-21(23)17-19/h7-8,16-18,22-23H,2-6,9-15H2,1H3/b8-7-. The lowest BCUT2D eigenvalue weighted by Gasteiger charge is -2.04. The fourth-order valence-corrected chi connectivity index (χ4v) is 2.85. The first-order chi connectivity index (χ1) is 11.2. The first-order valence-corrected chi connectivity index (χ1v) is 9.39. The van der Waals surface area contributed by atoms with Crippen molar-refractivity contribution in [2.75, 3.05) is 0 Å². The second-order valence-electron chi connectivity index (χ2n) is 6.48. The Labute approximate surface area is 142 Å². The molecule has 0 spiro atoms. The minimum absolute atomic E-state index is 0.154. The van der Waals surface area contributed by atoms with Crippen molar-refractivity contribution in [3.8, 4) is 11.5 Å². The van der Waals surface area contributed by atoms with E-state index in [4.69, 9.17) is 0 Å². The van der Waals surface area contributed by atoms with Crippen molar-refractivity contribution < 1.29 is 10.2 Å². The van der Waals surface area contributed by atoms with Gasteiger partial charge in [-0.05, 0) is 56.2 Å². The van der Waals surface area contributed by atoms with Gasteiger partial charge in [0.2, 0.25) is 0 Å². The molecule has 1 aromatic rings. The van der Waals surface area contributed by atoms with E-state index in [1.54, 1.807) is 12.1 Å². The summed E-state index contributed by atoms with van der Waals surface area (Å²) in [7, 11) is 0. The van der Waals surface area contributed by atoms with E-state index < -0.39 is 0 Å². The molecule has 0 saturated carbocycles. The van der Waals surface area contributed by atoms with Crippen LogP contribution in [0.4, 0.5) is 0 Å². The number of rotatable bonds is 13. The third-order valence-electron chi connectivity index (χ3n) is 4.19. The number of unbranched alkanes of at least 4 members (excludes halogenated alkanes) is 9. The molecule has 2 N–H and O–H groups in total. The molecule has 1 aromatic carbocycles. The summed E-state index contributed by atoms with van der Waals surface area (Å²) in [5.74, 6) is 0.308. The van der Waals surface area contributed by atoms with Gasteiger partial charge in [-0.3, -0.25) is 0 Å². The molecule has 23 heavy (non-hydrogen) atoms. The van der Waals surface area contributed by atoms with Crippen molar-refractivity contribution in [3.63, 3.8) is 0 Å². The summed E-state index contributed by atoms with van der Waals surface area (Å²) in [6, 6.07) is 4.86. The minimum Gasteiger partial charge on any atom is -0.508 e. The number of benzene rings is 1. The highest BCUT2D eigenvalue weighted by Crippen LogP contribution is 2.22. The van der Waals surface area contributed by atoms with Crippen molar-refractivity contribution >= 4 is 0 Å². The van der Waals surface area contributed by atoms with Crippen molar-refractivity contribution in [1.29, 1.82) is 0 Å². The van der Waals surface area contributed by atoms with Gasteiger partial charge >= 0.3 is 0 Å². The van der Waals surface area contributed by atoms with Gasteiger partial charge in [0.05, 0.1) is 0 Å². The molecule has 0 aliphatic carbocycles. The largest absolute Gasteiger partial charge is 0.508 e. The summed E-state index contributed by atoms with van der Waals surface area (Å²) in [6.45, 7) is 2.25. The van der Waals surface area contributed by atoms with Gasteiger partial charge in [0.1, 0.15) is 11.5 Å². The molecule has 0 bridgehead atoms. The molecule has 130 valence electrons. The van der Waals surface area contributed by atoms with E-state index in [1.165, 1.54) is 70.3 Å². The van der Waals surface area contributed by atoms with Gasteiger partial charge < -0.3 is 10.2 Å².